The molecule has 0 unspecified atom stereocenters. The summed E-state index contributed by atoms with van der Waals surface area (Å²) in [4.78, 5) is 9.02. The van der Waals surface area contributed by atoms with Crippen LogP contribution in [0.2, 0.25) is 0 Å². The van der Waals surface area contributed by atoms with E-state index < -0.39 is 10.0 Å². The summed E-state index contributed by atoms with van der Waals surface area (Å²) < 4.78 is 25.6. The Morgan fingerprint density at radius 2 is 2.04 bits per heavy atom. The summed E-state index contributed by atoms with van der Waals surface area (Å²) in [7, 11) is -3.26. The molecule has 5 nitrogen and oxygen atoms in total. The minimum atomic E-state index is -3.26. The van der Waals surface area contributed by atoms with E-state index in [4.69, 9.17) is 0 Å². The molecule has 0 N–H and O–H groups in total. The fourth-order valence-corrected chi connectivity index (χ4v) is 5.35. The van der Waals surface area contributed by atoms with Gasteiger partial charge in [0.15, 0.2) is 0 Å². The molecule has 25 heavy (non-hydrogen) atoms. The van der Waals surface area contributed by atoms with Crippen LogP contribution in [0.5, 0.6) is 0 Å². The van der Waals surface area contributed by atoms with E-state index in [1.54, 1.807) is 17.5 Å². The van der Waals surface area contributed by atoms with Crippen molar-refractivity contribution in [2.24, 2.45) is 0 Å². The molecule has 128 valence electrons. The lowest BCUT2D eigenvalue weighted by Gasteiger charge is -2.21. The molecule has 0 spiro atoms. The van der Waals surface area contributed by atoms with Gasteiger partial charge in [-0.1, -0.05) is 12.1 Å². The SMILES string of the molecule is C[C@@H]1Cc2cc(-c3csc(-c4ccccn4)n3)ccc2N1S(C)(=O)=O. The van der Waals surface area contributed by atoms with E-state index in [9.17, 15) is 8.42 Å². The Morgan fingerprint density at radius 1 is 1.20 bits per heavy atom. The number of fused-ring (bicyclic) bond motifs is 1. The van der Waals surface area contributed by atoms with Crippen LogP contribution in [0, 0.1) is 0 Å². The quantitative estimate of drug-likeness (QED) is 0.706. The Balaban J connectivity index is 1.71. The molecule has 0 fully saturated rings. The predicted molar refractivity (Wildman–Crippen MR) is 101 cm³/mol. The van der Waals surface area contributed by atoms with Crippen molar-refractivity contribution >= 4 is 27.0 Å². The first-order chi connectivity index (χ1) is 11.9. The van der Waals surface area contributed by atoms with E-state index >= 15 is 0 Å². The molecule has 7 heteroatoms. The molecule has 0 aliphatic carbocycles. The van der Waals surface area contributed by atoms with Crippen LogP contribution in [0.1, 0.15) is 12.5 Å². The smallest absolute Gasteiger partial charge is 0.232 e. The highest BCUT2D eigenvalue weighted by Crippen LogP contribution is 2.37. The Labute approximate surface area is 151 Å². The standard InChI is InChI=1S/C18H17N3O2S2/c1-12-9-14-10-13(6-7-17(14)21(12)25(2,22)23)16-11-24-18(20-16)15-5-3-4-8-19-15/h3-8,10-12H,9H2,1-2H3/t12-/m1/s1. The van der Waals surface area contributed by atoms with Gasteiger partial charge in [-0.2, -0.15) is 0 Å². The highest BCUT2D eigenvalue weighted by Gasteiger charge is 2.32. The number of aromatic nitrogens is 2. The van der Waals surface area contributed by atoms with E-state index in [1.807, 2.05) is 48.7 Å². The number of pyridine rings is 1. The molecule has 1 aliphatic heterocycles. The molecule has 0 bridgehead atoms. The zero-order valence-corrected chi connectivity index (χ0v) is 15.5. The number of sulfonamides is 1. The summed E-state index contributed by atoms with van der Waals surface area (Å²) in [5.41, 5.74) is 4.57. The third-order valence-electron chi connectivity index (χ3n) is 4.27. The molecule has 3 aromatic rings. The molecule has 1 aliphatic rings. The maximum absolute atomic E-state index is 12.0. The minimum Gasteiger partial charge on any atom is -0.267 e. The first-order valence-corrected chi connectivity index (χ1v) is 10.7. The molecule has 3 heterocycles. The summed E-state index contributed by atoms with van der Waals surface area (Å²) >= 11 is 1.56. The van der Waals surface area contributed by atoms with Gasteiger partial charge in [-0.25, -0.2) is 13.4 Å². The average Bonchev–Trinajstić information content (AvgIpc) is 3.18. The normalized spacial score (nSPS) is 16.9. The summed E-state index contributed by atoms with van der Waals surface area (Å²) in [6.45, 7) is 1.93. The lowest BCUT2D eigenvalue weighted by Crippen LogP contribution is -2.34. The van der Waals surface area contributed by atoms with Gasteiger partial charge in [-0.3, -0.25) is 9.29 Å². The lowest BCUT2D eigenvalue weighted by atomic mass is 10.1. The zero-order valence-electron chi connectivity index (χ0n) is 13.9. The fourth-order valence-electron chi connectivity index (χ4n) is 3.28. The number of hydrogen-bond acceptors (Lipinski definition) is 5. The molecule has 1 aromatic carbocycles. The van der Waals surface area contributed by atoms with Crippen LogP contribution < -0.4 is 4.31 Å². The van der Waals surface area contributed by atoms with E-state index in [-0.39, 0.29) is 6.04 Å². The van der Waals surface area contributed by atoms with E-state index in [1.165, 1.54) is 10.6 Å². The van der Waals surface area contributed by atoms with Crippen molar-refractivity contribution in [3.63, 3.8) is 0 Å². The summed E-state index contributed by atoms with van der Waals surface area (Å²) in [5, 5.41) is 2.89. The van der Waals surface area contributed by atoms with Gasteiger partial charge >= 0.3 is 0 Å². The third-order valence-corrected chi connectivity index (χ3v) is 6.41. The molecular weight excluding hydrogens is 354 g/mol. The number of anilines is 1. The van der Waals surface area contributed by atoms with Crippen LogP contribution in [-0.2, 0) is 16.4 Å². The van der Waals surface area contributed by atoms with Gasteiger partial charge in [0.05, 0.1) is 23.3 Å². The van der Waals surface area contributed by atoms with Gasteiger partial charge in [0.25, 0.3) is 0 Å². The molecular formula is C18H17N3O2S2. The van der Waals surface area contributed by atoms with Gasteiger partial charge < -0.3 is 0 Å². The summed E-state index contributed by atoms with van der Waals surface area (Å²) in [6, 6.07) is 11.6. The third kappa shape index (κ3) is 2.94. The zero-order chi connectivity index (χ0) is 17.6. The summed E-state index contributed by atoms with van der Waals surface area (Å²) in [5.74, 6) is 0. The number of rotatable bonds is 3. The summed E-state index contributed by atoms with van der Waals surface area (Å²) in [6.07, 6.45) is 3.73. The largest absolute Gasteiger partial charge is 0.267 e. The number of hydrogen-bond donors (Lipinski definition) is 0. The van der Waals surface area contributed by atoms with Crippen LogP contribution in [0.3, 0.4) is 0 Å². The van der Waals surface area contributed by atoms with Crippen molar-refractivity contribution in [3.05, 3.63) is 53.5 Å². The molecule has 0 radical (unpaired) electrons. The van der Waals surface area contributed by atoms with E-state index in [0.717, 1.165) is 33.2 Å². The van der Waals surface area contributed by atoms with Gasteiger partial charge in [-0.05, 0) is 43.2 Å². The predicted octanol–water partition coefficient (Wildman–Crippen LogP) is 3.58. The van der Waals surface area contributed by atoms with Crippen molar-refractivity contribution in [1.29, 1.82) is 0 Å². The van der Waals surface area contributed by atoms with Gasteiger partial charge in [0.1, 0.15) is 5.01 Å². The fraction of sp³-hybridized carbons (Fsp3) is 0.222. The van der Waals surface area contributed by atoms with E-state index in [0.29, 0.717) is 6.42 Å². The second-order valence-corrected chi connectivity index (χ2v) is 8.93. The number of benzene rings is 1. The van der Waals surface area contributed by atoms with Crippen molar-refractivity contribution < 1.29 is 8.42 Å². The van der Waals surface area contributed by atoms with Crippen molar-refractivity contribution in [2.45, 2.75) is 19.4 Å². The minimum absolute atomic E-state index is 0.0558. The van der Waals surface area contributed by atoms with Gasteiger partial charge in [-0.15, -0.1) is 11.3 Å². The molecule has 2 aromatic heterocycles. The Bertz CT molecular complexity index is 1030. The maximum atomic E-state index is 12.0. The van der Waals surface area contributed by atoms with Gasteiger partial charge in [0.2, 0.25) is 10.0 Å². The Kier molecular flexibility index (Phi) is 3.85. The van der Waals surface area contributed by atoms with Crippen LogP contribution in [0.15, 0.2) is 48.0 Å². The topological polar surface area (TPSA) is 63.2 Å². The van der Waals surface area contributed by atoms with Crippen molar-refractivity contribution in [1.82, 2.24) is 9.97 Å². The first-order valence-electron chi connectivity index (χ1n) is 7.93. The van der Waals surface area contributed by atoms with Crippen molar-refractivity contribution in [3.8, 4) is 22.0 Å². The maximum Gasteiger partial charge on any atom is 0.232 e. The van der Waals surface area contributed by atoms with Crippen LogP contribution in [-0.4, -0.2) is 30.7 Å². The van der Waals surface area contributed by atoms with Crippen LogP contribution in [0.25, 0.3) is 22.0 Å². The highest BCUT2D eigenvalue weighted by molar-refractivity contribution is 7.92. The van der Waals surface area contributed by atoms with Crippen molar-refractivity contribution in [2.75, 3.05) is 10.6 Å². The second-order valence-electron chi connectivity index (χ2n) is 6.21. The van der Waals surface area contributed by atoms with Crippen LogP contribution in [0.4, 0.5) is 5.69 Å². The highest BCUT2D eigenvalue weighted by atomic mass is 32.2. The Hall–Kier alpha value is -2.25. The average molecular weight is 371 g/mol. The lowest BCUT2D eigenvalue weighted by molar-refractivity contribution is 0.590. The molecule has 1 atom stereocenters. The monoisotopic (exact) mass is 371 g/mol. The van der Waals surface area contributed by atoms with Gasteiger partial charge in [0, 0.05) is 23.2 Å². The second kappa shape index (κ2) is 5.93. The molecule has 4 rings (SSSR count). The molecule has 0 saturated heterocycles. The van der Waals surface area contributed by atoms with E-state index in [2.05, 4.69) is 9.97 Å². The Morgan fingerprint density at radius 3 is 2.76 bits per heavy atom. The molecule has 0 saturated carbocycles. The molecule has 0 amide bonds. The van der Waals surface area contributed by atoms with Crippen LogP contribution >= 0.6 is 11.3 Å². The number of thiazole rings is 1. The first kappa shape index (κ1) is 16.2. The number of nitrogens with zero attached hydrogens (tertiary/aromatic N) is 3.